The first-order valence-corrected chi connectivity index (χ1v) is 12.5. The lowest BCUT2D eigenvalue weighted by atomic mass is 10.6. The zero-order valence-corrected chi connectivity index (χ0v) is 21.7. The highest BCUT2D eigenvalue weighted by atomic mass is 32.1. The lowest BCUT2D eigenvalue weighted by Crippen LogP contribution is -2.15. The van der Waals surface area contributed by atoms with Gasteiger partial charge in [-0.3, -0.25) is 0 Å². The van der Waals surface area contributed by atoms with Gasteiger partial charge < -0.3 is 57.6 Å². The van der Waals surface area contributed by atoms with Gasteiger partial charge in [0.15, 0.2) is 0 Å². The zero-order chi connectivity index (χ0) is 25.5. The number of ether oxygens (including phenoxy) is 10. The molecule has 0 aromatic rings. The smallest absolute Gasteiger partial charge is 0.120 e. The Morgan fingerprint density at radius 3 is 0.771 bits per heavy atom. The Bertz CT molecular complexity index is 382. The van der Waals surface area contributed by atoms with Gasteiger partial charge in [0.2, 0.25) is 0 Å². The average molecular weight is 535 g/mol. The van der Waals surface area contributed by atoms with Crippen LogP contribution in [0.3, 0.4) is 0 Å². The molecule has 35 heavy (non-hydrogen) atoms. The van der Waals surface area contributed by atoms with E-state index in [-0.39, 0.29) is 13.2 Å². The first-order valence-electron chi connectivity index (χ1n) is 12.0. The van der Waals surface area contributed by atoms with Gasteiger partial charge in [-0.05, 0) is 0 Å². The third-order valence-corrected chi connectivity index (χ3v) is 4.00. The topological polar surface area (TPSA) is 133 Å². The Morgan fingerprint density at radius 2 is 0.571 bits per heavy atom. The van der Waals surface area contributed by atoms with Gasteiger partial charge in [-0.1, -0.05) is 0 Å². The van der Waals surface area contributed by atoms with E-state index < -0.39 is 5.44 Å². The SMILES string of the molecule is OCCOCCOCCOCCOCCOCCOCCOCCOCCOCCOCC(O)S. The van der Waals surface area contributed by atoms with Gasteiger partial charge in [-0.2, -0.15) is 0 Å². The molecule has 0 fully saturated rings. The van der Waals surface area contributed by atoms with Gasteiger partial charge in [0, 0.05) is 0 Å². The van der Waals surface area contributed by atoms with E-state index in [0.29, 0.717) is 126 Å². The van der Waals surface area contributed by atoms with Gasteiger partial charge in [0.25, 0.3) is 0 Å². The van der Waals surface area contributed by atoms with Crippen molar-refractivity contribution in [3.63, 3.8) is 0 Å². The molecule has 0 rings (SSSR count). The first-order chi connectivity index (χ1) is 17.3. The van der Waals surface area contributed by atoms with E-state index in [1.165, 1.54) is 0 Å². The van der Waals surface area contributed by atoms with Gasteiger partial charge in [0.1, 0.15) is 5.44 Å². The minimum atomic E-state index is -0.757. The first kappa shape index (κ1) is 34.9. The molecule has 0 spiro atoms. The number of aliphatic hydroxyl groups excluding tert-OH is 2. The quantitative estimate of drug-likeness (QED) is 0.0596. The predicted molar refractivity (Wildman–Crippen MR) is 130 cm³/mol. The fourth-order valence-electron chi connectivity index (χ4n) is 2.23. The van der Waals surface area contributed by atoms with E-state index in [4.69, 9.17) is 57.6 Å². The molecule has 0 saturated heterocycles. The van der Waals surface area contributed by atoms with E-state index in [9.17, 15) is 0 Å². The molecule has 1 atom stereocenters. The highest BCUT2D eigenvalue weighted by Crippen LogP contribution is 1.90. The van der Waals surface area contributed by atoms with Crippen molar-refractivity contribution in [2.45, 2.75) is 5.44 Å². The molecular weight excluding hydrogens is 488 g/mol. The summed E-state index contributed by atoms with van der Waals surface area (Å²) < 4.78 is 53.2. The molecular formula is C22H46O12S. The Balaban J connectivity index is 3.01. The summed E-state index contributed by atoms with van der Waals surface area (Å²) in [7, 11) is 0. The van der Waals surface area contributed by atoms with Crippen molar-refractivity contribution in [2.24, 2.45) is 0 Å². The van der Waals surface area contributed by atoms with Crippen molar-refractivity contribution in [1.29, 1.82) is 0 Å². The molecule has 0 aliphatic carbocycles. The molecule has 0 radical (unpaired) electrons. The maximum absolute atomic E-state index is 8.90. The van der Waals surface area contributed by atoms with Crippen LogP contribution in [0.2, 0.25) is 0 Å². The predicted octanol–water partition coefficient (Wildman–Crippen LogP) is -0.607. The van der Waals surface area contributed by atoms with E-state index in [0.717, 1.165) is 0 Å². The largest absolute Gasteiger partial charge is 0.394 e. The van der Waals surface area contributed by atoms with Crippen molar-refractivity contribution >= 4 is 12.6 Å². The fraction of sp³-hybridized carbons (Fsp3) is 1.00. The molecule has 2 N–H and O–H groups in total. The maximum Gasteiger partial charge on any atom is 0.120 e. The summed E-state index contributed by atoms with van der Waals surface area (Å²) in [5.41, 5.74) is -0.757. The van der Waals surface area contributed by atoms with Crippen LogP contribution in [0.1, 0.15) is 0 Å². The van der Waals surface area contributed by atoms with Crippen LogP contribution >= 0.6 is 12.6 Å². The second-order valence-corrected chi connectivity index (χ2v) is 7.39. The van der Waals surface area contributed by atoms with E-state index in [1.807, 2.05) is 0 Å². The van der Waals surface area contributed by atoms with Crippen LogP contribution in [0.25, 0.3) is 0 Å². The molecule has 0 heterocycles. The van der Waals surface area contributed by atoms with Crippen molar-refractivity contribution in [1.82, 2.24) is 0 Å². The average Bonchev–Trinajstić information content (AvgIpc) is 2.85. The van der Waals surface area contributed by atoms with Crippen molar-refractivity contribution in [2.75, 3.05) is 139 Å². The van der Waals surface area contributed by atoms with Gasteiger partial charge in [-0.25, -0.2) is 0 Å². The standard InChI is InChI=1S/C22H46O12S/c23-1-2-25-3-4-26-5-6-27-7-8-28-9-10-29-11-12-30-13-14-31-15-16-32-17-18-33-19-20-34-21-22(24)35/h22-24,35H,1-21H2. The van der Waals surface area contributed by atoms with E-state index in [2.05, 4.69) is 12.6 Å². The van der Waals surface area contributed by atoms with Crippen molar-refractivity contribution in [3.05, 3.63) is 0 Å². The van der Waals surface area contributed by atoms with Crippen LogP contribution in [-0.4, -0.2) is 154 Å². The molecule has 0 amide bonds. The van der Waals surface area contributed by atoms with Crippen LogP contribution in [0.15, 0.2) is 0 Å². The van der Waals surface area contributed by atoms with Crippen molar-refractivity contribution < 1.29 is 57.6 Å². The molecule has 0 aliphatic heterocycles. The lowest BCUT2D eigenvalue weighted by Gasteiger charge is -2.09. The van der Waals surface area contributed by atoms with Gasteiger partial charge in [0.05, 0.1) is 139 Å². The summed E-state index contributed by atoms with van der Waals surface area (Å²) in [6.07, 6.45) is 0. The zero-order valence-electron chi connectivity index (χ0n) is 20.9. The number of hydrogen-bond donors (Lipinski definition) is 3. The molecule has 0 aliphatic rings. The molecule has 0 saturated carbocycles. The van der Waals surface area contributed by atoms with Crippen LogP contribution in [0.5, 0.6) is 0 Å². The minimum absolute atomic E-state index is 0.0251. The van der Waals surface area contributed by atoms with Gasteiger partial charge in [-0.15, -0.1) is 12.6 Å². The molecule has 1 unspecified atom stereocenters. The molecule has 212 valence electrons. The fourth-order valence-corrected chi connectivity index (χ4v) is 2.34. The Hall–Kier alpha value is -0.130. The monoisotopic (exact) mass is 534 g/mol. The molecule has 0 bridgehead atoms. The Labute approximate surface area is 214 Å². The second-order valence-electron chi connectivity index (χ2n) is 6.79. The Kier molecular flexibility index (Phi) is 31.8. The summed E-state index contributed by atoms with van der Waals surface area (Å²) in [5, 5.41) is 17.4. The maximum atomic E-state index is 8.90. The summed E-state index contributed by atoms with van der Waals surface area (Å²) in [5.74, 6) is 0. The third-order valence-electron chi connectivity index (χ3n) is 3.85. The minimum Gasteiger partial charge on any atom is -0.394 e. The summed E-state index contributed by atoms with van der Waals surface area (Å²) in [4.78, 5) is 0. The number of rotatable bonds is 31. The van der Waals surface area contributed by atoms with Crippen LogP contribution in [0.4, 0.5) is 0 Å². The van der Waals surface area contributed by atoms with Crippen LogP contribution in [-0.2, 0) is 47.4 Å². The summed E-state index contributed by atoms with van der Waals surface area (Å²) in [6.45, 7) is 9.36. The molecule has 13 heteroatoms. The molecule has 12 nitrogen and oxygen atoms in total. The normalized spacial score (nSPS) is 12.4. The lowest BCUT2D eigenvalue weighted by molar-refractivity contribution is -0.0274. The van der Waals surface area contributed by atoms with E-state index in [1.54, 1.807) is 0 Å². The highest BCUT2D eigenvalue weighted by molar-refractivity contribution is 7.80. The third kappa shape index (κ3) is 33.9. The van der Waals surface area contributed by atoms with Gasteiger partial charge >= 0.3 is 0 Å². The second kappa shape index (κ2) is 31.9. The van der Waals surface area contributed by atoms with Crippen LogP contribution in [0, 0.1) is 0 Å². The summed E-state index contributed by atoms with van der Waals surface area (Å²) >= 11 is 3.79. The Morgan fingerprint density at radius 1 is 0.371 bits per heavy atom. The molecule has 0 aromatic carbocycles. The van der Waals surface area contributed by atoms with Crippen molar-refractivity contribution in [3.8, 4) is 0 Å². The summed E-state index contributed by atoms with van der Waals surface area (Å²) in [6, 6.07) is 0. The number of thiol groups is 1. The number of hydrogen-bond acceptors (Lipinski definition) is 13. The van der Waals surface area contributed by atoms with Crippen LogP contribution < -0.4 is 0 Å². The highest BCUT2D eigenvalue weighted by Gasteiger charge is 1.97. The van der Waals surface area contributed by atoms with E-state index >= 15 is 0 Å². The number of aliphatic hydroxyl groups is 2. The molecule has 0 aromatic heterocycles.